The maximum absolute atomic E-state index is 5.95. The molecule has 0 spiro atoms. The summed E-state index contributed by atoms with van der Waals surface area (Å²) in [6.45, 7) is 2.01. The van der Waals surface area contributed by atoms with E-state index in [9.17, 15) is 0 Å². The van der Waals surface area contributed by atoms with E-state index < -0.39 is 5.66 Å². The minimum atomic E-state index is -0.407. The van der Waals surface area contributed by atoms with Gasteiger partial charge in [0, 0.05) is 5.69 Å². The van der Waals surface area contributed by atoms with Gasteiger partial charge in [-0.1, -0.05) is 18.2 Å². The van der Waals surface area contributed by atoms with Crippen molar-refractivity contribution in [2.45, 2.75) is 12.6 Å². The van der Waals surface area contributed by atoms with Gasteiger partial charge in [-0.05, 0) is 37.4 Å². The Morgan fingerprint density at radius 2 is 2.00 bits per heavy atom. The second-order valence-electron chi connectivity index (χ2n) is 3.74. The normalized spacial score (nSPS) is 24.2. The van der Waals surface area contributed by atoms with Crippen LogP contribution >= 0.6 is 0 Å². The van der Waals surface area contributed by atoms with Crippen molar-refractivity contribution in [3.63, 3.8) is 0 Å². The molecule has 1 atom stereocenters. The monoisotopic (exact) mass is 201 g/mol. The van der Waals surface area contributed by atoms with Crippen LogP contribution in [0.3, 0.4) is 0 Å². The van der Waals surface area contributed by atoms with Gasteiger partial charge < -0.3 is 16.4 Å². The highest BCUT2D eigenvalue weighted by Crippen LogP contribution is 2.19. The molecule has 1 aliphatic rings. The van der Waals surface area contributed by atoms with Gasteiger partial charge in [-0.25, -0.2) is 0 Å². The Balaban J connectivity index is 2.19. The number of benzene rings is 1. The van der Waals surface area contributed by atoms with Crippen LogP contribution in [0.15, 0.2) is 54.4 Å². The molecule has 1 heterocycles. The second-order valence-corrected chi connectivity index (χ2v) is 3.74. The second kappa shape index (κ2) is 3.69. The van der Waals surface area contributed by atoms with Crippen LogP contribution < -0.4 is 16.4 Å². The third-order valence-corrected chi connectivity index (χ3v) is 2.49. The molecular weight excluding hydrogens is 186 g/mol. The number of para-hydroxylation sites is 1. The fourth-order valence-corrected chi connectivity index (χ4v) is 1.53. The lowest BCUT2D eigenvalue weighted by Crippen LogP contribution is -2.51. The molecule has 3 nitrogen and oxygen atoms in total. The van der Waals surface area contributed by atoms with E-state index in [1.54, 1.807) is 0 Å². The molecule has 0 bridgehead atoms. The first-order valence-electron chi connectivity index (χ1n) is 4.94. The lowest BCUT2D eigenvalue weighted by atomic mass is 10.1. The Bertz CT molecular complexity index is 395. The summed E-state index contributed by atoms with van der Waals surface area (Å²) in [5.41, 5.74) is 7.35. The Morgan fingerprint density at radius 3 is 2.67 bits per heavy atom. The van der Waals surface area contributed by atoms with Crippen molar-refractivity contribution >= 4 is 5.69 Å². The number of rotatable bonds is 2. The highest BCUT2D eigenvalue weighted by atomic mass is 15.2. The van der Waals surface area contributed by atoms with Crippen LogP contribution in [0.1, 0.15) is 6.92 Å². The molecule has 4 N–H and O–H groups in total. The average molecular weight is 201 g/mol. The number of anilines is 1. The number of dihydropyridines is 1. The van der Waals surface area contributed by atoms with Gasteiger partial charge in [0.1, 0.15) is 5.66 Å². The first-order chi connectivity index (χ1) is 7.21. The van der Waals surface area contributed by atoms with Crippen molar-refractivity contribution in [1.82, 2.24) is 5.32 Å². The summed E-state index contributed by atoms with van der Waals surface area (Å²) < 4.78 is 0. The number of nitrogens with one attached hydrogen (secondary N) is 2. The molecule has 1 aromatic rings. The Hall–Kier alpha value is -1.90. The van der Waals surface area contributed by atoms with Gasteiger partial charge in [-0.2, -0.15) is 0 Å². The van der Waals surface area contributed by atoms with Crippen molar-refractivity contribution in [2.24, 2.45) is 5.73 Å². The van der Waals surface area contributed by atoms with Crippen molar-refractivity contribution < 1.29 is 0 Å². The fourth-order valence-electron chi connectivity index (χ4n) is 1.53. The molecule has 1 aromatic carbocycles. The van der Waals surface area contributed by atoms with Crippen molar-refractivity contribution in [2.75, 3.05) is 5.32 Å². The van der Waals surface area contributed by atoms with Crippen LogP contribution in [0.5, 0.6) is 0 Å². The predicted molar refractivity (Wildman–Crippen MR) is 63.0 cm³/mol. The average Bonchev–Trinajstić information content (AvgIpc) is 2.24. The van der Waals surface area contributed by atoms with Crippen LogP contribution in [-0.4, -0.2) is 5.66 Å². The molecule has 1 aliphatic heterocycles. The summed E-state index contributed by atoms with van der Waals surface area (Å²) in [5, 5.41) is 6.56. The summed E-state index contributed by atoms with van der Waals surface area (Å²) in [5.74, 6) is 0. The van der Waals surface area contributed by atoms with Crippen LogP contribution in [0.2, 0.25) is 0 Å². The zero-order valence-corrected chi connectivity index (χ0v) is 8.70. The number of hydrogen-bond donors (Lipinski definition) is 3. The number of nitrogens with two attached hydrogens (primary N) is 1. The molecule has 0 aromatic heterocycles. The van der Waals surface area contributed by atoms with E-state index in [-0.39, 0.29) is 0 Å². The Kier molecular flexibility index (Phi) is 2.37. The first-order valence-corrected chi connectivity index (χ1v) is 4.94. The smallest absolute Gasteiger partial charge is 0.146 e. The summed E-state index contributed by atoms with van der Waals surface area (Å²) in [7, 11) is 0. The van der Waals surface area contributed by atoms with E-state index in [2.05, 4.69) is 10.6 Å². The van der Waals surface area contributed by atoms with Gasteiger partial charge in [-0.3, -0.25) is 0 Å². The van der Waals surface area contributed by atoms with Gasteiger partial charge in [0.15, 0.2) is 0 Å². The highest BCUT2D eigenvalue weighted by Gasteiger charge is 2.26. The molecule has 78 valence electrons. The maximum Gasteiger partial charge on any atom is 0.146 e. The molecule has 0 fully saturated rings. The molecule has 2 rings (SSSR count). The van der Waals surface area contributed by atoms with E-state index in [4.69, 9.17) is 5.73 Å². The zero-order valence-electron chi connectivity index (χ0n) is 8.70. The minimum Gasteiger partial charge on any atom is -0.399 e. The van der Waals surface area contributed by atoms with Gasteiger partial charge in [-0.15, -0.1) is 0 Å². The van der Waals surface area contributed by atoms with E-state index in [0.29, 0.717) is 0 Å². The number of allylic oxidation sites excluding steroid dienone is 2. The van der Waals surface area contributed by atoms with E-state index in [1.165, 1.54) is 0 Å². The third-order valence-electron chi connectivity index (χ3n) is 2.49. The molecule has 0 saturated heterocycles. The molecule has 0 saturated carbocycles. The largest absolute Gasteiger partial charge is 0.399 e. The van der Waals surface area contributed by atoms with E-state index in [1.807, 2.05) is 55.6 Å². The minimum absolute atomic E-state index is 0.407. The molecule has 15 heavy (non-hydrogen) atoms. The lowest BCUT2D eigenvalue weighted by molar-refractivity contribution is 0.524. The zero-order chi connectivity index (χ0) is 10.7. The van der Waals surface area contributed by atoms with Gasteiger partial charge >= 0.3 is 0 Å². The van der Waals surface area contributed by atoms with Gasteiger partial charge in [0.2, 0.25) is 0 Å². The number of hydrogen-bond acceptors (Lipinski definition) is 3. The van der Waals surface area contributed by atoms with Crippen LogP contribution in [-0.2, 0) is 0 Å². The van der Waals surface area contributed by atoms with Crippen LogP contribution in [0.4, 0.5) is 5.69 Å². The molecule has 0 amide bonds. The first kappa shape index (κ1) is 9.65. The maximum atomic E-state index is 5.95. The molecular formula is C12H15N3. The van der Waals surface area contributed by atoms with Crippen LogP contribution in [0.25, 0.3) is 0 Å². The van der Waals surface area contributed by atoms with Crippen molar-refractivity contribution in [3.05, 3.63) is 54.4 Å². The third kappa shape index (κ3) is 1.96. The topological polar surface area (TPSA) is 50.1 Å². The highest BCUT2D eigenvalue weighted by molar-refractivity contribution is 5.48. The van der Waals surface area contributed by atoms with E-state index >= 15 is 0 Å². The van der Waals surface area contributed by atoms with E-state index in [0.717, 1.165) is 11.4 Å². The van der Waals surface area contributed by atoms with Crippen LogP contribution in [0, 0.1) is 0 Å². The van der Waals surface area contributed by atoms with Crippen molar-refractivity contribution in [3.8, 4) is 0 Å². The van der Waals surface area contributed by atoms with Gasteiger partial charge in [0.25, 0.3) is 0 Å². The molecule has 1 unspecified atom stereocenters. The predicted octanol–water partition coefficient (Wildman–Crippen LogP) is 1.77. The molecule has 3 heteroatoms. The summed E-state index contributed by atoms with van der Waals surface area (Å²) >= 11 is 0. The quantitative estimate of drug-likeness (QED) is 0.683. The SMILES string of the molecule is CC1(Nc2ccccc2)NC=CC=C1N. The molecule has 0 aliphatic carbocycles. The molecule has 0 radical (unpaired) electrons. The standard InChI is InChI=1S/C12H15N3/c1-12(11(13)8-5-9-14-12)15-10-6-3-2-4-7-10/h2-9,14-15H,13H2,1H3. The fraction of sp³-hybridized carbons (Fsp3) is 0.167. The Morgan fingerprint density at radius 1 is 1.27 bits per heavy atom. The van der Waals surface area contributed by atoms with Gasteiger partial charge in [0.05, 0.1) is 5.70 Å². The lowest BCUT2D eigenvalue weighted by Gasteiger charge is -2.34. The summed E-state index contributed by atoms with van der Waals surface area (Å²) in [4.78, 5) is 0. The Labute approximate surface area is 89.7 Å². The summed E-state index contributed by atoms with van der Waals surface area (Å²) in [6.07, 6.45) is 5.67. The summed E-state index contributed by atoms with van der Waals surface area (Å²) in [6, 6.07) is 9.99. The van der Waals surface area contributed by atoms with Crippen molar-refractivity contribution in [1.29, 1.82) is 0 Å².